The van der Waals surface area contributed by atoms with Crippen LogP contribution < -0.4 is 10.1 Å². The summed E-state index contributed by atoms with van der Waals surface area (Å²) in [5.41, 5.74) is 4.43. The summed E-state index contributed by atoms with van der Waals surface area (Å²) < 4.78 is 7.39. The summed E-state index contributed by atoms with van der Waals surface area (Å²) in [4.78, 5) is 17.1. The number of methoxy groups -OCH3 is 1. The van der Waals surface area contributed by atoms with Gasteiger partial charge < -0.3 is 14.5 Å². The first-order valence-electron chi connectivity index (χ1n) is 9.19. The van der Waals surface area contributed by atoms with E-state index in [1.807, 2.05) is 83.5 Å². The van der Waals surface area contributed by atoms with Crippen LogP contribution in [0.15, 0.2) is 79.1 Å². The summed E-state index contributed by atoms with van der Waals surface area (Å²) in [6, 6.07) is 21.6. The molecule has 140 valence electrons. The molecular weight excluding hydrogens is 350 g/mol. The smallest absolute Gasteiger partial charge is 0.224 e. The molecule has 0 atom stereocenters. The van der Waals surface area contributed by atoms with Crippen molar-refractivity contribution in [1.29, 1.82) is 0 Å². The maximum absolute atomic E-state index is 12.5. The number of hydrogen-bond acceptors (Lipinski definition) is 3. The van der Waals surface area contributed by atoms with E-state index in [1.165, 1.54) is 0 Å². The molecule has 5 nitrogen and oxygen atoms in total. The maximum Gasteiger partial charge on any atom is 0.224 e. The molecule has 0 fully saturated rings. The fourth-order valence-electron chi connectivity index (χ4n) is 3.15. The molecular formula is C23H21N3O2. The minimum absolute atomic E-state index is 0.0469. The van der Waals surface area contributed by atoms with Crippen LogP contribution in [0.25, 0.3) is 16.9 Å². The average molecular weight is 371 g/mol. The Morgan fingerprint density at radius 1 is 1.07 bits per heavy atom. The van der Waals surface area contributed by atoms with Gasteiger partial charge in [0.25, 0.3) is 0 Å². The predicted octanol–water partition coefficient (Wildman–Crippen LogP) is 4.58. The third-order valence-corrected chi connectivity index (χ3v) is 4.62. The van der Waals surface area contributed by atoms with Crippen molar-refractivity contribution in [2.45, 2.75) is 12.8 Å². The monoisotopic (exact) mass is 371 g/mol. The number of aryl methyl sites for hydroxylation is 1. The third kappa shape index (κ3) is 3.88. The summed E-state index contributed by atoms with van der Waals surface area (Å²) in [7, 11) is 1.60. The summed E-state index contributed by atoms with van der Waals surface area (Å²) in [6.07, 6.45) is 5.03. The average Bonchev–Trinajstić information content (AvgIpc) is 3.17. The van der Waals surface area contributed by atoms with Crippen molar-refractivity contribution in [3.63, 3.8) is 0 Å². The van der Waals surface area contributed by atoms with Crippen LogP contribution in [0.3, 0.4) is 0 Å². The minimum atomic E-state index is -0.0469. The van der Waals surface area contributed by atoms with E-state index in [0.717, 1.165) is 22.5 Å². The second-order valence-electron chi connectivity index (χ2n) is 6.54. The van der Waals surface area contributed by atoms with Crippen molar-refractivity contribution in [2.75, 3.05) is 12.4 Å². The zero-order valence-corrected chi connectivity index (χ0v) is 15.6. The molecule has 0 bridgehead atoms. The van der Waals surface area contributed by atoms with Gasteiger partial charge in [-0.3, -0.25) is 4.79 Å². The van der Waals surface area contributed by atoms with Gasteiger partial charge in [0.05, 0.1) is 18.5 Å². The molecule has 4 rings (SSSR count). The summed E-state index contributed by atoms with van der Waals surface area (Å²) in [5.74, 6) is 0.579. The van der Waals surface area contributed by atoms with Crippen molar-refractivity contribution >= 4 is 17.2 Å². The molecule has 2 aromatic carbocycles. The summed E-state index contributed by atoms with van der Waals surface area (Å²) >= 11 is 0. The van der Waals surface area contributed by atoms with Crippen LogP contribution in [0, 0.1) is 0 Å². The van der Waals surface area contributed by atoms with Crippen LogP contribution >= 0.6 is 0 Å². The lowest BCUT2D eigenvalue weighted by Crippen LogP contribution is -2.13. The molecule has 28 heavy (non-hydrogen) atoms. The number of ether oxygens (including phenoxy) is 1. The van der Waals surface area contributed by atoms with Gasteiger partial charge in [0, 0.05) is 24.4 Å². The van der Waals surface area contributed by atoms with Crippen LogP contribution in [0.5, 0.6) is 5.75 Å². The molecule has 0 aliphatic carbocycles. The van der Waals surface area contributed by atoms with E-state index in [2.05, 4.69) is 10.3 Å². The number of hydrogen-bond donors (Lipinski definition) is 1. The zero-order valence-electron chi connectivity index (χ0n) is 15.6. The van der Waals surface area contributed by atoms with E-state index in [4.69, 9.17) is 4.74 Å². The van der Waals surface area contributed by atoms with Crippen molar-refractivity contribution in [3.8, 4) is 17.0 Å². The number of anilines is 1. The Labute approximate surface area is 163 Å². The first kappa shape index (κ1) is 17.8. The predicted molar refractivity (Wildman–Crippen MR) is 111 cm³/mol. The molecule has 1 amide bonds. The van der Waals surface area contributed by atoms with Crippen molar-refractivity contribution in [3.05, 3.63) is 84.7 Å². The summed E-state index contributed by atoms with van der Waals surface area (Å²) in [6.45, 7) is 0. The number of pyridine rings is 1. The normalized spacial score (nSPS) is 10.8. The molecule has 0 aliphatic heterocycles. The number of fused-ring (bicyclic) bond motifs is 1. The molecule has 2 aromatic heterocycles. The second-order valence-corrected chi connectivity index (χ2v) is 6.54. The van der Waals surface area contributed by atoms with Crippen LogP contribution in [0.1, 0.15) is 12.0 Å². The fourth-order valence-corrected chi connectivity index (χ4v) is 3.15. The van der Waals surface area contributed by atoms with Gasteiger partial charge in [-0.25, -0.2) is 4.98 Å². The van der Waals surface area contributed by atoms with Crippen LogP contribution in [-0.2, 0) is 11.2 Å². The Morgan fingerprint density at radius 3 is 2.68 bits per heavy atom. The van der Waals surface area contributed by atoms with E-state index in [9.17, 15) is 4.79 Å². The van der Waals surface area contributed by atoms with Gasteiger partial charge in [0.1, 0.15) is 11.4 Å². The highest BCUT2D eigenvalue weighted by molar-refractivity contribution is 5.93. The molecule has 5 heteroatoms. The summed E-state index contributed by atoms with van der Waals surface area (Å²) in [5, 5.41) is 2.98. The molecule has 1 N–H and O–H groups in total. The van der Waals surface area contributed by atoms with Crippen molar-refractivity contribution in [2.24, 2.45) is 0 Å². The van der Waals surface area contributed by atoms with Gasteiger partial charge in [0.2, 0.25) is 5.91 Å². The standard InChI is InChI=1S/C23H21N3O2/c1-28-21-12-11-18(20-16-26-14-6-5-9-22(26)24-20)15-19(21)25-23(27)13-10-17-7-3-2-4-8-17/h2-9,11-12,14-16H,10,13H2,1H3,(H,25,27). The van der Waals surface area contributed by atoms with E-state index < -0.39 is 0 Å². The number of nitrogens with zero attached hydrogens (tertiary/aromatic N) is 2. The SMILES string of the molecule is COc1ccc(-c2cn3ccccc3n2)cc1NC(=O)CCc1ccccc1. The first-order chi connectivity index (χ1) is 13.7. The van der Waals surface area contributed by atoms with Crippen molar-refractivity contribution in [1.82, 2.24) is 9.38 Å². The number of imidazole rings is 1. The van der Waals surface area contributed by atoms with Gasteiger partial charge in [-0.1, -0.05) is 36.4 Å². The van der Waals surface area contributed by atoms with Crippen molar-refractivity contribution < 1.29 is 9.53 Å². The van der Waals surface area contributed by atoms with E-state index in [0.29, 0.717) is 24.3 Å². The number of nitrogens with one attached hydrogen (secondary N) is 1. The van der Waals surface area contributed by atoms with Crippen LogP contribution in [0.2, 0.25) is 0 Å². The zero-order chi connectivity index (χ0) is 19.3. The number of carbonyl (C=O) groups excluding carboxylic acids is 1. The lowest BCUT2D eigenvalue weighted by atomic mass is 10.1. The third-order valence-electron chi connectivity index (χ3n) is 4.62. The second kappa shape index (κ2) is 7.96. The van der Waals surface area contributed by atoms with Gasteiger partial charge >= 0.3 is 0 Å². The van der Waals surface area contributed by atoms with E-state index in [-0.39, 0.29) is 5.91 Å². The molecule has 0 radical (unpaired) electrons. The lowest BCUT2D eigenvalue weighted by molar-refractivity contribution is -0.116. The fraction of sp³-hybridized carbons (Fsp3) is 0.130. The van der Waals surface area contributed by atoms with E-state index >= 15 is 0 Å². The van der Waals surface area contributed by atoms with Gasteiger partial charge in [-0.15, -0.1) is 0 Å². The van der Waals surface area contributed by atoms with Crippen LogP contribution in [-0.4, -0.2) is 22.4 Å². The Kier molecular flexibility index (Phi) is 5.06. The van der Waals surface area contributed by atoms with Crippen LogP contribution in [0.4, 0.5) is 5.69 Å². The Hall–Kier alpha value is -3.60. The Bertz CT molecular complexity index is 1070. The molecule has 0 unspecified atom stereocenters. The number of rotatable bonds is 6. The van der Waals surface area contributed by atoms with Gasteiger partial charge in [-0.05, 0) is 42.3 Å². The highest BCUT2D eigenvalue weighted by Crippen LogP contribution is 2.30. The number of amides is 1. The number of benzene rings is 2. The molecule has 4 aromatic rings. The quantitative estimate of drug-likeness (QED) is 0.540. The van der Waals surface area contributed by atoms with E-state index in [1.54, 1.807) is 7.11 Å². The number of carbonyl (C=O) groups is 1. The highest BCUT2D eigenvalue weighted by atomic mass is 16.5. The molecule has 0 saturated carbocycles. The number of aromatic nitrogens is 2. The largest absolute Gasteiger partial charge is 0.495 e. The first-order valence-corrected chi connectivity index (χ1v) is 9.19. The molecule has 0 spiro atoms. The van der Waals surface area contributed by atoms with Gasteiger partial charge in [0.15, 0.2) is 0 Å². The topological polar surface area (TPSA) is 55.6 Å². The Morgan fingerprint density at radius 2 is 1.89 bits per heavy atom. The lowest BCUT2D eigenvalue weighted by Gasteiger charge is -2.11. The highest BCUT2D eigenvalue weighted by Gasteiger charge is 2.11. The molecule has 0 saturated heterocycles. The Balaban J connectivity index is 1.54. The minimum Gasteiger partial charge on any atom is -0.495 e. The molecule has 0 aliphatic rings. The van der Waals surface area contributed by atoms with Gasteiger partial charge in [-0.2, -0.15) is 0 Å². The molecule has 2 heterocycles. The maximum atomic E-state index is 12.5.